The number of nitrogens with zero attached hydrogens (tertiary/aromatic N) is 3. The molecule has 0 aliphatic heterocycles. The molecule has 0 fully saturated rings. The van der Waals surface area contributed by atoms with Crippen LogP contribution in [0.4, 0.5) is 8.78 Å². The smallest absolute Gasteiger partial charge is 0.247 e. The minimum Gasteiger partial charge on any atom is -0.419 e. The van der Waals surface area contributed by atoms with Crippen LogP contribution in [0.15, 0.2) is 52.9 Å². The number of hydrogen-bond acceptors (Lipinski definition) is 4. The van der Waals surface area contributed by atoms with E-state index in [9.17, 15) is 8.78 Å². The van der Waals surface area contributed by atoms with E-state index < -0.39 is 11.6 Å². The van der Waals surface area contributed by atoms with E-state index in [0.29, 0.717) is 23.9 Å². The molecule has 124 valence electrons. The van der Waals surface area contributed by atoms with Gasteiger partial charge in [0.15, 0.2) is 11.6 Å². The first-order valence-electron chi connectivity index (χ1n) is 7.57. The lowest BCUT2D eigenvalue weighted by atomic mass is 10.1. The van der Waals surface area contributed by atoms with E-state index in [4.69, 9.17) is 4.42 Å². The molecule has 0 spiro atoms. The van der Waals surface area contributed by atoms with Crippen LogP contribution in [0.1, 0.15) is 24.4 Å². The summed E-state index contributed by atoms with van der Waals surface area (Å²) in [4.78, 5) is 1.93. The van der Waals surface area contributed by atoms with Gasteiger partial charge in [-0.25, -0.2) is 8.78 Å². The number of aromatic nitrogens is 2. The summed E-state index contributed by atoms with van der Waals surface area (Å²) < 4.78 is 32.1. The number of halogens is 2. The van der Waals surface area contributed by atoms with Crippen molar-refractivity contribution in [2.45, 2.75) is 19.5 Å². The van der Waals surface area contributed by atoms with Gasteiger partial charge in [-0.3, -0.25) is 4.90 Å². The first-order valence-corrected chi connectivity index (χ1v) is 7.57. The van der Waals surface area contributed by atoms with Crippen molar-refractivity contribution in [3.63, 3.8) is 0 Å². The molecule has 0 unspecified atom stereocenters. The molecule has 24 heavy (non-hydrogen) atoms. The van der Waals surface area contributed by atoms with Crippen LogP contribution in [-0.2, 0) is 6.54 Å². The predicted molar refractivity (Wildman–Crippen MR) is 86.0 cm³/mol. The highest BCUT2D eigenvalue weighted by molar-refractivity contribution is 5.51. The Hall–Kier alpha value is -2.60. The average molecular weight is 329 g/mol. The Kier molecular flexibility index (Phi) is 4.66. The quantitative estimate of drug-likeness (QED) is 0.703. The van der Waals surface area contributed by atoms with Gasteiger partial charge in [0.25, 0.3) is 0 Å². The van der Waals surface area contributed by atoms with E-state index in [2.05, 4.69) is 10.2 Å². The molecule has 0 amide bonds. The van der Waals surface area contributed by atoms with Crippen LogP contribution in [0, 0.1) is 11.6 Å². The molecular formula is C18H17F2N3O. The zero-order chi connectivity index (χ0) is 17.1. The summed E-state index contributed by atoms with van der Waals surface area (Å²) in [6.45, 7) is 2.31. The predicted octanol–water partition coefficient (Wildman–Crippen LogP) is 4.21. The van der Waals surface area contributed by atoms with Crippen LogP contribution >= 0.6 is 0 Å². The second-order valence-corrected chi connectivity index (χ2v) is 5.63. The highest BCUT2D eigenvalue weighted by Gasteiger charge is 2.17. The molecule has 0 radical (unpaired) electrons. The zero-order valence-corrected chi connectivity index (χ0v) is 13.4. The summed E-state index contributed by atoms with van der Waals surface area (Å²) in [5, 5.41) is 8.09. The Morgan fingerprint density at radius 2 is 1.79 bits per heavy atom. The lowest BCUT2D eigenvalue weighted by molar-refractivity contribution is 0.228. The molecular weight excluding hydrogens is 312 g/mol. The molecule has 2 aromatic carbocycles. The molecule has 0 aliphatic carbocycles. The van der Waals surface area contributed by atoms with E-state index in [-0.39, 0.29) is 6.04 Å². The number of hydrogen-bond donors (Lipinski definition) is 0. The van der Waals surface area contributed by atoms with Crippen molar-refractivity contribution in [1.82, 2.24) is 15.1 Å². The summed E-state index contributed by atoms with van der Waals surface area (Å²) in [7, 11) is 1.86. The molecule has 1 heterocycles. The fourth-order valence-electron chi connectivity index (χ4n) is 2.39. The van der Waals surface area contributed by atoms with Crippen molar-refractivity contribution in [3.05, 3.63) is 71.6 Å². The number of rotatable bonds is 5. The molecule has 4 nitrogen and oxygen atoms in total. The largest absolute Gasteiger partial charge is 0.419 e. The minimum atomic E-state index is -0.850. The van der Waals surface area contributed by atoms with Gasteiger partial charge in [0.1, 0.15) is 0 Å². The molecule has 1 aromatic heterocycles. The summed E-state index contributed by atoms with van der Waals surface area (Å²) >= 11 is 0. The summed E-state index contributed by atoms with van der Waals surface area (Å²) in [5.74, 6) is -0.778. The highest BCUT2D eigenvalue weighted by atomic mass is 19.2. The van der Waals surface area contributed by atoms with E-state index in [1.807, 2.05) is 49.2 Å². The molecule has 1 atom stereocenters. The maximum atomic E-state index is 13.4. The molecule has 0 N–H and O–H groups in total. The first-order chi connectivity index (χ1) is 11.5. The Morgan fingerprint density at radius 1 is 1.04 bits per heavy atom. The molecule has 3 aromatic rings. The Bertz CT molecular complexity index is 820. The van der Waals surface area contributed by atoms with Crippen molar-refractivity contribution in [3.8, 4) is 11.5 Å². The molecule has 6 heteroatoms. The van der Waals surface area contributed by atoms with Crippen molar-refractivity contribution in [1.29, 1.82) is 0 Å². The van der Waals surface area contributed by atoms with Crippen molar-refractivity contribution in [2.24, 2.45) is 0 Å². The minimum absolute atomic E-state index is 0.132. The van der Waals surface area contributed by atoms with Crippen LogP contribution in [0.5, 0.6) is 0 Å². The Balaban J connectivity index is 1.71. The Morgan fingerprint density at radius 3 is 2.50 bits per heavy atom. The molecule has 0 aliphatic rings. The van der Waals surface area contributed by atoms with E-state index in [1.165, 1.54) is 6.07 Å². The van der Waals surface area contributed by atoms with Crippen LogP contribution < -0.4 is 0 Å². The van der Waals surface area contributed by atoms with Gasteiger partial charge in [0.05, 0.1) is 6.54 Å². The molecule has 3 rings (SSSR count). The third kappa shape index (κ3) is 3.49. The first kappa shape index (κ1) is 16.3. The van der Waals surface area contributed by atoms with Crippen LogP contribution in [0.2, 0.25) is 0 Å². The van der Waals surface area contributed by atoms with Gasteiger partial charge in [-0.05, 0) is 43.8 Å². The second kappa shape index (κ2) is 6.88. The zero-order valence-electron chi connectivity index (χ0n) is 13.4. The van der Waals surface area contributed by atoms with Gasteiger partial charge in [-0.1, -0.05) is 24.3 Å². The van der Waals surface area contributed by atoms with Crippen molar-refractivity contribution in [2.75, 3.05) is 7.05 Å². The van der Waals surface area contributed by atoms with Gasteiger partial charge in [-0.15, -0.1) is 10.2 Å². The monoisotopic (exact) mass is 329 g/mol. The third-order valence-electron chi connectivity index (χ3n) is 3.96. The van der Waals surface area contributed by atoms with Gasteiger partial charge in [-0.2, -0.15) is 0 Å². The maximum absolute atomic E-state index is 13.4. The lowest BCUT2D eigenvalue weighted by Crippen LogP contribution is -2.22. The molecule has 0 saturated heterocycles. The fourth-order valence-corrected chi connectivity index (χ4v) is 2.39. The summed E-state index contributed by atoms with van der Waals surface area (Å²) in [5.41, 5.74) is 1.53. The second-order valence-electron chi connectivity index (χ2n) is 5.63. The van der Waals surface area contributed by atoms with E-state index >= 15 is 0 Å². The Labute approximate surface area is 138 Å². The maximum Gasteiger partial charge on any atom is 0.247 e. The lowest BCUT2D eigenvalue weighted by Gasteiger charge is -2.23. The average Bonchev–Trinajstić information content (AvgIpc) is 3.06. The van der Waals surface area contributed by atoms with Gasteiger partial charge < -0.3 is 4.42 Å². The van der Waals surface area contributed by atoms with Crippen LogP contribution in [0.3, 0.4) is 0 Å². The SMILES string of the molecule is C[C@@H](c1ccc(F)c(F)c1)N(C)Cc1nnc(-c2ccccc2)o1. The van der Waals surface area contributed by atoms with Gasteiger partial charge in [0.2, 0.25) is 11.8 Å². The molecule has 0 bridgehead atoms. The summed E-state index contributed by atoms with van der Waals surface area (Å²) in [6, 6.07) is 13.3. The van der Waals surface area contributed by atoms with E-state index in [0.717, 1.165) is 11.6 Å². The van der Waals surface area contributed by atoms with Crippen LogP contribution in [-0.4, -0.2) is 22.1 Å². The van der Waals surface area contributed by atoms with Gasteiger partial charge in [0, 0.05) is 11.6 Å². The fraction of sp³-hybridized carbons (Fsp3) is 0.222. The van der Waals surface area contributed by atoms with E-state index in [1.54, 1.807) is 6.07 Å². The highest BCUT2D eigenvalue weighted by Crippen LogP contribution is 2.23. The normalized spacial score (nSPS) is 12.5. The van der Waals surface area contributed by atoms with Gasteiger partial charge >= 0.3 is 0 Å². The standard InChI is InChI=1S/C18H17F2N3O/c1-12(14-8-9-15(19)16(20)10-14)23(2)11-17-21-22-18(24-17)13-6-4-3-5-7-13/h3-10,12H,11H2,1-2H3/t12-/m0/s1. The third-order valence-corrected chi connectivity index (χ3v) is 3.96. The molecule has 0 saturated carbocycles. The topological polar surface area (TPSA) is 42.2 Å². The van der Waals surface area contributed by atoms with Crippen molar-refractivity contribution < 1.29 is 13.2 Å². The van der Waals surface area contributed by atoms with Crippen molar-refractivity contribution >= 4 is 0 Å². The van der Waals surface area contributed by atoms with Crippen LogP contribution in [0.25, 0.3) is 11.5 Å². The number of benzene rings is 2. The summed E-state index contributed by atoms with van der Waals surface area (Å²) in [6.07, 6.45) is 0.